The van der Waals surface area contributed by atoms with Crippen molar-refractivity contribution in [3.05, 3.63) is 24.0 Å². The Hall–Kier alpha value is -1.13. The Morgan fingerprint density at radius 1 is 1.19 bits per heavy atom. The van der Waals surface area contributed by atoms with Gasteiger partial charge in [-0.2, -0.15) is 0 Å². The van der Waals surface area contributed by atoms with Gasteiger partial charge in [0, 0.05) is 49.8 Å². The van der Waals surface area contributed by atoms with Crippen LogP contribution in [0.5, 0.6) is 0 Å². The van der Waals surface area contributed by atoms with Gasteiger partial charge in [-0.05, 0) is 44.7 Å². The molecule has 2 fully saturated rings. The first kappa shape index (κ1) is 14.8. The van der Waals surface area contributed by atoms with E-state index in [-0.39, 0.29) is 0 Å². The lowest BCUT2D eigenvalue weighted by molar-refractivity contribution is 0.00449. The molecule has 0 bridgehead atoms. The predicted molar refractivity (Wildman–Crippen MR) is 85.8 cm³/mol. The lowest BCUT2D eigenvalue weighted by Crippen LogP contribution is -2.48. The third-order valence-electron chi connectivity index (χ3n) is 5.09. The van der Waals surface area contributed by atoms with Gasteiger partial charge in [0.05, 0.1) is 13.2 Å². The van der Waals surface area contributed by atoms with Crippen LogP contribution in [0.25, 0.3) is 0 Å². The van der Waals surface area contributed by atoms with Crippen LogP contribution in [0.1, 0.15) is 25.5 Å². The van der Waals surface area contributed by atoms with Crippen molar-refractivity contribution in [2.45, 2.75) is 32.7 Å². The van der Waals surface area contributed by atoms with Gasteiger partial charge in [0.2, 0.25) is 0 Å². The summed E-state index contributed by atoms with van der Waals surface area (Å²) in [6, 6.07) is 5.03. The van der Waals surface area contributed by atoms with E-state index in [0.29, 0.717) is 6.04 Å². The van der Waals surface area contributed by atoms with Crippen LogP contribution in [0, 0.1) is 12.8 Å². The average molecular weight is 289 g/mol. The van der Waals surface area contributed by atoms with Crippen molar-refractivity contribution in [2.24, 2.45) is 5.92 Å². The number of pyridine rings is 1. The largest absolute Gasteiger partial charge is 0.379 e. The molecule has 0 spiro atoms. The summed E-state index contributed by atoms with van der Waals surface area (Å²) in [5.41, 5.74) is 2.44. The molecule has 2 aliphatic heterocycles. The standard InChI is InChI=1S/C17H27N3O/c1-14-13-17(3-6-18-14)20-7-4-16(5-8-20)15(2)19-9-11-21-12-10-19/h3,6,13,15-16H,4-5,7-12H2,1-2H3. The van der Waals surface area contributed by atoms with Gasteiger partial charge < -0.3 is 9.64 Å². The molecule has 0 amide bonds. The summed E-state index contributed by atoms with van der Waals surface area (Å²) in [6.45, 7) is 10.8. The fourth-order valence-corrected chi connectivity index (χ4v) is 3.65. The summed E-state index contributed by atoms with van der Waals surface area (Å²) >= 11 is 0. The highest BCUT2D eigenvalue weighted by Gasteiger charge is 2.28. The number of anilines is 1. The van der Waals surface area contributed by atoms with Crippen LogP contribution in [0.15, 0.2) is 18.3 Å². The predicted octanol–water partition coefficient (Wildman–Crippen LogP) is 2.33. The van der Waals surface area contributed by atoms with Gasteiger partial charge in [0.15, 0.2) is 0 Å². The molecule has 3 rings (SSSR count). The first-order valence-corrected chi connectivity index (χ1v) is 8.23. The van der Waals surface area contributed by atoms with Crippen LogP contribution in [-0.2, 0) is 4.74 Å². The number of ether oxygens (including phenoxy) is 1. The topological polar surface area (TPSA) is 28.6 Å². The van der Waals surface area contributed by atoms with Gasteiger partial charge >= 0.3 is 0 Å². The molecule has 0 saturated carbocycles. The van der Waals surface area contributed by atoms with Crippen molar-refractivity contribution in [2.75, 3.05) is 44.3 Å². The molecule has 21 heavy (non-hydrogen) atoms. The number of nitrogens with zero attached hydrogens (tertiary/aromatic N) is 3. The summed E-state index contributed by atoms with van der Waals surface area (Å²) in [5, 5.41) is 0. The molecule has 0 aromatic carbocycles. The number of morpholine rings is 1. The van der Waals surface area contributed by atoms with E-state index in [1.54, 1.807) is 0 Å². The fourth-order valence-electron chi connectivity index (χ4n) is 3.65. The third-order valence-corrected chi connectivity index (χ3v) is 5.09. The monoisotopic (exact) mass is 289 g/mol. The lowest BCUT2D eigenvalue weighted by Gasteiger charge is -2.41. The summed E-state index contributed by atoms with van der Waals surface area (Å²) in [4.78, 5) is 9.42. The van der Waals surface area contributed by atoms with Crippen molar-refractivity contribution in [3.63, 3.8) is 0 Å². The maximum atomic E-state index is 5.47. The summed E-state index contributed by atoms with van der Waals surface area (Å²) in [6.07, 6.45) is 4.51. The average Bonchev–Trinajstić information content (AvgIpc) is 2.55. The first-order valence-electron chi connectivity index (χ1n) is 8.23. The van der Waals surface area contributed by atoms with E-state index in [9.17, 15) is 0 Å². The number of piperidine rings is 1. The van der Waals surface area contributed by atoms with Crippen LogP contribution < -0.4 is 4.90 Å². The number of hydrogen-bond acceptors (Lipinski definition) is 4. The second kappa shape index (κ2) is 6.75. The van der Waals surface area contributed by atoms with Crippen molar-refractivity contribution in [1.82, 2.24) is 9.88 Å². The number of hydrogen-bond donors (Lipinski definition) is 0. The van der Waals surface area contributed by atoms with E-state index in [1.807, 2.05) is 6.20 Å². The molecular weight excluding hydrogens is 262 g/mol. The van der Waals surface area contributed by atoms with Crippen LogP contribution >= 0.6 is 0 Å². The molecule has 0 aliphatic carbocycles. The lowest BCUT2D eigenvalue weighted by atomic mass is 9.89. The number of aryl methyl sites for hydroxylation is 1. The Morgan fingerprint density at radius 3 is 2.57 bits per heavy atom. The molecule has 116 valence electrons. The third kappa shape index (κ3) is 3.55. The minimum Gasteiger partial charge on any atom is -0.379 e. The molecule has 4 nitrogen and oxygen atoms in total. The Kier molecular flexibility index (Phi) is 4.76. The SMILES string of the molecule is Cc1cc(N2CCC(C(C)N3CCOCC3)CC2)ccn1. The number of aromatic nitrogens is 1. The molecule has 3 heterocycles. The zero-order chi connectivity index (χ0) is 14.7. The molecule has 1 unspecified atom stereocenters. The molecule has 4 heteroatoms. The molecule has 1 aromatic rings. The molecule has 1 aromatic heterocycles. The maximum Gasteiger partial charge on any atom is 0.0594 e. The van der Waals surface area contributed by atoms with Gasteiger partial charge in [0.25, 0.3) is 0 Å². The fraction of sp³-hybridized carbons (Fsp3) is 0.706. The van der Waals surface area contributed by atoms with Crippen molar-refractivity contribution < 1.29 is 4.74 Å². The minimum absolute atomic E-state index is 0.690. The van der Waals surface area contributed by atoms with Gasteiger partial charge in [-0.1, -0.05) is 0 Å². The molecular formula is C17H27N3O. The highest BCUT2D eigenvalue weighted by atomic mass is 16.5. The molecule has 0 N–H and O–H groups in total. The van der Waals surface area contributed by atoms with Gasteiger partial charge in [-0.3, -0.25) is 9.88 Å². The van der Waals surface area contributed by atoms with Gasteiger partial charge in [-0.15, -0.1) is 0 Å². The van der Waals surface area contributed by atoms with E-state index >= 15 is 0 Å². The van der Waals surface area contributed by atoms with Crippen LogP contribution in [0.4, 0.5) is 5.69 Å². The molecule has 1 atom stereocenters. The highest BCUT2D eigenvalue weighted by Crippen LogP contribution is 2.27. The zero-order valence-electron chi connectivity index (χ0n) is 13.3. The summed E-state index contributed by atoms with van der Waals surface area (Å²) in [5.74, 6) is 0.822. The quantitative estimate of drug-likeness (QED) is 0.854. The Bertz CT molecular complexity index is 451. The van der Waals surface area contributed by atoms with Crippen LogP contribution in [0.2, 0.25) is 0 Å². The second-order valence-electron chi connectivity index (χ2n) is 6.37. The molecule has 2 saturated heterocycles. The smallest absolute Gasteiger partial charge is 0.0594 e. The van der Waals surface area contributed by atoms with E-state index in [2.05, 4.69) is 40.8 Å². The highest BCUT2D eigenvalue weighted by molar-refractivity contribution is 5.46. The van der Waals surface area contributed by atoms with Crippen molar-refractivity contribution in [1.29, 1.82) is 0 Å². The normalized spacial score (nSPS) is 23.2. The Balaban J connectivity index is 1.54. The van der Waals surface area contributed by atoms with E-state index in [4.69, 9.17) is 4.74 Å². The second-order valence-corrected chi connectivity index (χ2v) is 6.37. The summed E-state index contributed by atoms with van der Waals surface area (Å²) in [7, 11) is 0. The van der Waals surface area contributed by atoms with Crippen molar-refractivity contribution in [3.8, 4) is 0 Å². The Morgan fingerprint density at radius 2 is 1.90 bits per heavy atom. The van der Waals surface area contributed by atoms with Gasteiger partial charge in [-0.25, -0.2) is 0 Å². The van der Waals surface area contributed by atoms with E-state index in [1.165, 1.54) is 31.6 Å². The molecule has 2 aliphatic rings. The minimum atomic E-state index is 0.690. The van der Waals surface area contributed by atoms with Crippen molar-refractivity contribution >= 4 is 5.69 Å². The van der Waals surface area contributed by atoms with Crippen LogP contribution in [-0.4, -0.2) is 55.3 Å². The van der Waals surface area contributed by atoms with Gasteiger partial charge in [0.1, 0.15) is 0 Å². The van der Waals surface area contributed by atoms with E-state index in [0.717, 1.165) is 37.9 Å². The number of rotatable bonds is 3. The summed E-state index contributed by atoms with van der Waals surface area (Å²) < 4.78 is 5.47. The maximum absolute atomic E-state index is 5.47. The van der Waals surface area contributed by atoms with E-state index < -0.39 is 0 Å². The Labute approximate surface area is 128 Å². The molecule has 0 radical (unpaired) electrons. The zero-order valence-corrected chi connectivity index (χ0v) is 13.3. The first-order chi connectivity index (χ1) is 10.2. The van der Waals surface area contributed by atoms with Crippen LogP contribution in [0.3, 0.4) is 0 Å².